The van der Waals surface area contributed by atoms with Gasteiger partial charge in [-0.2, -0.15) is 19.1 Å². The van der Waals surface area contributed by atoms with Gasteiger partial charge in [-0.15, -0.1) is 5.10 Å². The summed E-state index contributed by atoms with van der Waals surface area (Å²) in [6, 6.07) is 10.8. The van der Waals surface area contributed by atoms with Gasteiger partial charge in [0.1, 0.15) is 6.07 Å². The van der Waals surface area contributed by atoms with Crippen molar-refractivity contribution in [1.82, 2.24) is 39.3 Å². The van der Waals surface area contributed by atoms with Crippen LogP contribution in [0.25, 0.3) is 28.2 Å². The van der Waals surface area contributed by atoms with Gasteiger partial charge in [-0.05, 0) is 43.2 Å². The average molecular weight is 617 g/mol. The lowest BCUT2D eigenvalue weighted by Crippen LogP contribution is -2.27. The molecule has 1 aromatic carbocycles. The Balaban J connectivity index is 1.44. The van der Waals surface area contributed by atoms with Crippen LogP contribution >= 0.6 is 11.6 Å². The number of carbonyl (C=O) groups excluding carboxylic acids is 1. The average Bonchev–Trinajstić information content (AvgIpc) is 3.67. The smallest absolute Gasteiger partial charge is 0.323 e. The van der Waals surface area contributed by atoms with Crippen LogP contribution in [0.2, 0.25) is 5.02 Å². The summed E-state index contributed by atoms with van der Waals surface area (Å²) in [5, 5.41) is 23.9. The predicted molar refractivity (Wildman–Crippen MR) is 155 cm³/mol. The van der Waals surface area contributed by atoms with E-state index in [-0.39, 0.29) is 23.0 Å². The predicted octanol–water partition coefficient (Wildman–Crippen LogP) is 5.02. The molecule has 0 aliphatic carbocycles. The quantitative estimate of drug-likeness (QED) is 0.296. The summed E-state index contributed by atoms with van der Waals surface area (Å²) >= 11 is 6.29. The summed E-state index contributed by atoms with van der Waals surface area (Å²) in [7, 11) is 0. The third kappa shape index (κ3) is 5.45. The van der Waals surface area contributed by atoms with E-state index in [1.807, 2.05) is 6.07 Å². The highest BCUT2D eigenvalue weighted by molar-refractivity contribution is 6.31. The molecule has 2 bridgehead atoms. The van der Waals surface area contributed by atoms with Crippen molar-refractivity contribution in [3.05, 3.63) is 88.1 Å². The second-order valence-corrected chi connectivity index (χ2v) is 10.7. The number of nitrogens with one attached hydrogen (secondary N) is 1. The molecule has 5 heterocycles. The van der Waals surface area contributed by atoms with Crippen LogP contribution in [0.5, 0.6) is 0 Å². The highest BCUT2D eigenvalue weighted by atomic mass is 35.5. The van der Waals surface area contributed by atoms with E-state index in [2.05, 4.69) is 30.7 Å². The minimum absolute atomic E-state index is 0.0329. The van der Waals surface area contributed by atoms with Crippen molar-refractivity contribution in [3.63, 3.8) is 0 Å². The molecule has 0 saturated heterocycles. The molecule has 222 valence electrons. The van der Waals surface area contributed by atoms with Gasteiger partial charge < -0.3 is 5.32 Å². The van der Waals surface area contributed by atoms with Crippen molar-refractivity contribution >= 4 is 23.2 Å². The number of carbonyl (C=O) groups is 1. The number of amides is 1. The van der Waals surface area contributed by atoms with Gasteiger partial charge in [-0.1, -0.05) is 30.2 Å². The molecule has 1 aliphatic rings. The summed E-state index contributed by atoms with van der Waals surface area (Å²) < 4.78 is 31.2. The van der Waals surface area contributed by atoms with Crippen LogP contribution in [0.15, 0.2) is 66.1 Å². The molecule has 2 atom stereocenters. The first-order valence-corrected chi connectivity index (χ1v) is 13.9. The normalized spacial score (nSPS) is 16.9. The topological polar surface area (TPSA) is 149 Å². The highest BCUT2D eigenvalue weighted by Crippen LogP contribution is 2.35. The summed E-state index contributed by atoms with van der Waals surface area (Å²) in [4.78, 5) is 35.7. The van der Waals surface area contributed by atoms with Crippen LogP contribution in [0.3, 0.4) is 0 Å². The first-order valence-electron chi connectivity index (χ1n) is 13.6. The van der Waals surface area contributed by atoms with Gasteiger partial charge in [-0.3, -0.25) is 19.1 Å². The summed E-state index contributed by atoms with van der Waals surface area (Å²) in [6.45, 7) is -1.20. The number of alkyl halides is 2. The number of nitriles is 1. The molecule has 12 nitrogen and oxygen atoms in total. The van der Waals surface area contributed by atoms with Gasteiger partial charge in [0, 0.05) is 34.3 Å². The zero-order valence-corrected chi connectivity index (χ0v) is 23.9. The molecular formula is C29H23ClF2N10O2. The molecular weight excluding hydrogens is 594 g/mol. The summed E-state index contributed by atoms with van der Waals surface area (Å²) in [5.41, 5.74) is 2.02. The molecule has 0 radical (unpaired) electrons. The fourth-order valence-electron chi connectivity index (χ4n) is 5.24. The third-order valence-corrected chi connectivity index (χ3v) is 7.69. The maximum Gasteiger partial charge on any atom is 0.333 e. The minimum atomic E-state index is -2.95. The fourth-order valence-corrected chi connectivity index (χ4v) is 5.41. The van der Waals surface area contributed by atoms with Crippen LogP contribution in [0.4, 0.5) is 14.5 Å². The second-order valence-electron chi connectivity index (χ2n) is 10.3. The van der Waals surface area contributed by atoms with E-state index < -0.39 is 24.1 Å². The maximum absolute atomic E-state index is 13.9. The fraction of sp³-hybridized carbons (Fsp3) is 0.241. The number of halogens is 3. The van der Waals surface area contributed by atoms with E-state index in [0.717, 1.165) is 0 Å². The van der Waals surface area contributed by atoms with Gasteiger partial charge in [0.2, 0.25) is 5.91 Å². The first-order chi connectivity index (χ1) is 21.2. The SMILES string of the molecule is CC1CCCC(n2cnc(-c3cc(Cl)ccc3-n3cc(C#N)nn3)cc2=O)c2cc(ccn2)-c2c(cnn2C(F)F)NC1=O. The number of hydrogen-bond donors (Lipinski definition) is 1. The second kappa shape index (κ2) is 11.8. The molecule has 0 saturated carbocycles. The van der Waals surface area contributed by atoms with Crippen molar-refractivity contribution in [1.29, 1.82) is 5.26 Å². The standard InChI is InChI=1S/C29H23ClF2N10O2/c1-16-3-2-4-25(22-9-17(7-8-34-22)27-23(37-28(16)44)13-36-42(27)29(31)32)40-15-35-21(11-26(40)43)20-10-18(30)5-6-24(20)41-14-19(12-33)38-39-41/h5-11,13-16,25,29H,2-4H2,1H3,(H,37,44). The number of fused-ring (bicyclic) bond motifs is 4. The van der Waals surface area contributed by atoms with E-state index in [4.69, 9.17) is 16.9 Å². The number of anilines is 1. The van der Waals surface area contributed by atoms with Crippen LogP contribution in [-0.2, 0) is 4.79 Å². The maximum atomic E-state index is 13.9. The van der Waals surface area contributed by atoms with Crippen molar-refractivity contribution in [2.45, 2.75) is 38.8 Å². The van der Waals surface area contributed by atoms with Gasteiger partial charge in [0.15, 0.2) is 5.69 Å². The Morgan fingerprint density at radius 2 is 1.98 bits per heavy atom. The minimum Gasteiger partial charge on any atom is -0.323 e. The molecule has 4 aromatic heterocycles. The van der Waals surface area contributed by atoms with Gasteiger partial charge >= 0.3 is 6.55 Å². The Labute approximate surface area is 253 Å². The molecule has 0 fully saturated rings. The van der Waals surface area contributed by atoms with E-state index in [0.29, 0.717) is 57.2 Å². The highest BCUT2D eigenvalue weighted by Gasteiger charge is 2.26. The lowest BCUT2D eigenvalue weighted by atomic mass is 9.97. The molecule has 1 amide bonds. The van der Waals surface area contributed by atoms with E-state index in [1.165, 1.54) is 40.2 Å². The monoisotopic (exact) mass is 616 g/mol. The number of benzene rings is 1. The number of pyridine rings is 1. The lowest BCUT2D eigenvalue weighted by Gasteiger charge is -2.22. The Morgan fingerprint density at radius 1 is 1.14 bits per heavy atom. The van der Waals surface area contributed by atoms with Gasteiger partial charge in [0.25, 0.3) is 5.56 Å². The van der Waals surface area contributed by atoms with Crippen LogP contribution in [0.1, 0.15) is 50.2 Å². The zero-order valence-electron chi connectivity index (χ0n) is 23.1. The number of aromatic nitrogens is 8. The molecule has 5 aromatic rings. The molecule has 44 heavy (non-hydrogen) atoms. The van der Waals surface area contributed by atoms with Crippen LogP contribution in [0, 0.1) is 17.2 Å². The zero-order chi connectivity index (χ0) is 31.0. The molecule has 1 aliphatic heterocycles. The molecule has 2 unspecified atom stereocenters. The van der Waals surface area contributed by atoms with Crippen molar-refractivity contribution in [2.75, 3.05) is 5.32 Å². The van der Waals surface area contributed by atoms with E-state index >= 15 is 0 Å². The third-order valence-electron chi connectivity index (χ3n) is 7.46. The Hall–Kier alpha value is -5.29. The van der Waals surface area contributed by atoms with Crippen molar-refractivity contribution in [3.8, 4) is 34.3 Å². The van der Waals surface area contributed by atoms with Crippen molar-refractivity contribution in [2.24, 2.45) is 5.92 Å². The number of nitrogens with zero attached hydrogens (tertiary/aromatic N) is 9. The summed E-state index contributed by atoms with van der Waals surface area (Å²) in [5.74, 6) is -0.748. The molecule has 1 N–H and O–H groups in total. The molecule has 6 rings (SSSR count). The largest absolute Gasteiger partial charge is 0.333 e. The summed E-state index contributed by atoms with van der Waals surface area (Å²) in [6.07, 6.45) is 6.99. The van der Waals surface area contributed by atoms with Crippen LogP contribution in [-0.4, -0.2) is 45.2 Å². The van der Waals surface area contributed by atoms with E-state index in [1.54, 1.807) is 37.3 Å². The first kappa shape index (κ1) is 28.8. The van der Waals surface area contributed by atoms with Crippen LogP contribution < -0.4 is 10.9 Å². The lowest BCUT2D eigenvalue weighted by molar-refractivity contribution is -0.119. The van der Waals surface area contributed by atoms with E-state index in [9.17, 15) is 18.4 Å². The Kier molecular flexibility index (Phi) is 7.71. The Morgan fingerprint density at radius 3 is 2.73 bits per heavy atom. The van der Waals surface area contributed by atoms with Crippen molar-refractivity contribution < 1.29 is 13.6 Å². The number of hydrogen-bond acceptors (Lipinski definition) is 8. The van der Waals surface area contributed by atoms with Gasteiger partial charge in [0.05, 0.1) is 53.2 Å². The molecule has 0 spiro atoms. The number of rotatable bonds is 4. The Bertz CT molecular complexity index is 1980. The molecule has 15 heteroatoms. The van der Waals surface area contributed by atoms with Gasteiger partial charge in [-0.25, -0.2) is 14.3 Å².